The predicted octanol–water partition coefficient (Wildman–Crippen LogP) is 4.53. The summed E-state index contributed by atoms with van der Waals surface area (Å²) in [7, 11) is 0. The lowest BCUT2D eigenvalue weighted by Crippen LogP contribution is -2.24. The van der Waals surface area contributed by atoms with Gasteiger partial charge in [0.1, 0.15) is 5.75 Å². The first-order valence-corrected chi connectivity index (χ1v) is 10.8. The molecule has 0 atom stereocenters. The molecular weight excluding hydrogens is 458 g/mol. The number of amides is 2. The van der Waals surface area contributed by atoms with Crippen LogP contribution in [0.5, 0.6) is 17.2 Å². The number of nitrogens with zero attached hydrogens (tertiary/aromatic N) is 1. The molecule has 9 heteroatoms. The second-order valence-corrected chi connectivity index (χ2v) is 7.54. The highest BCUT2D eigenvalue weighted by Crippen LogP contribution is 2.26. The van der Waals surface area contributed by atoms with Crippen LogP contribution in [-0.2, 0) is 4.79 Å². The number of carbonyl (C=O) groups is 2. The number of hydrogen-bond acceptors (Lipinski definition) is 6. The van der Waals surface area contributed by atoms with Crippen molar-refractivity contribution in [2.75, 3.05) is 18.5 Å². The van der Waals surface area contributed by atoms with Crippen LogP contribution in [0.25, 0.3) is 0 Å². The number of ether oxygens (including phenoxy) is 2. The lowest BCUT2D eigenvalue weighted by Gasteiger charge is -2.10. The molecule has 176 valence electrons. The van der Waals surface area contributed by atoms with Crippen LogP contribution in [0.15, 0.2) is 65.8 Å². The fourth-order valence-corrected chi connectivity index (χ4v) is 3.06. The molecule has 0 bridgehead atoms. The summed E-state index contributed by atoms with van der Waals surface area (Å²) >= 11 is 6.09. The number of benzene rings is 3. The number of rotatable bonds is 9. The number of phenolic OH excluding ortho intramolecular Hbond substituents is 1. The maximum Gasteiger partial charge on any atom is 0.277 e. The van der Waals surface area contributed by atoms with E-state index in [0.717, 1.165) is 5.56 Å². The topological polar surface area (TPSA) is 109 Å². The molecule has 0 heterocycles. The Morgan fingerprint density at radius 2 is 1.85 bits per heavy atom. The summed E-state index contributed by atoms with van der Waals surface area (Å²) in [5.41, 5.74) is 4.86. The Morgan fingerprint density at radius 3 is 2.59 bits per heavy atom. The first-order valence-electron chi connectivity index (χ1n) is 10.4. The zero-order valence-electron chi connectivity index (χ0n) is 18.7. The van der Waals surface area contributed by atoms with Gasteiger partial charge in [-0.15, -0.1) is 0 Å². The van der Waals surface area contributed by atoms with Crippen LogP contribution >= 0.6 is 11.6 Å². The van der Waals surface area contributed by atoms with Crippen LogP contribution in [0, 0.1) is 6.92 Å². The largest absolute Gasteiger partial charge is 0.504 e. The van der Waals surface area contributed by atoms with Crippen LogP contribution in [0.1, 0.15) is 28.4 Å². The number of halogens is 1. The molecule has 0 saturated heterocycles. The Balaban J connectivity index is 1.48. The fourth-order valence-electron chi connectivity index (χ4n) is 2.88. The zero-order valence-corrected chi connectivity index (χ0v) is 19.4. The quantitative estimate of drug-likeness (QED) is 0.307. The normalized spacial score (nSPS) is 10.7. The Labute approximate surface area is 202 Å². The van der Waals surface area contributed by atoms with Gasteiger partial charge in [-0.3, -0.25) is 9.59 Å². The van der Waals surface area contributed by atoms with E-state index in [-0.39, 0.29) is 18.3 Å². The first kappa shape index (κ1) is 24.6. The van der Waals surface area contributed by atoms with Gasteiger partial charge in [-0.1, -0.05) is 17.7 Å². The Bertz CT molecular complexity index is 1200. The van der Waals surface area contributed by atoms with Crippen molar-refractivity contribution in [2.24, 2.45) is 5.10 Å². The van der Waals surface area contributed by atoms with Crippen molar-refractivity contribution < 1.29 is 24.2 Å². The third kappa shape index (κ3) is 6.73. The molecule has 0 aliphatic carbocycles. The highest BCUT2D eigenvalue weighted by atomic mass is 35.5. The molecule has 0 spiro atoms. The van der Waals surface area contributed by atoms with Gasteiger partial charge in [0.2, 0.25) is 0 Å². The van der Waals surface area contributed by atoms with E-state index in [0.29, 0.717) is 39.9 Å². The zero-order chi connectivity index (χ0) is 24.5. The molecule has 0 unspecified atom stereocenters. The molecule has 2 amide bonds. The second-order valence-electron chi connectivity index (χ2n) is 7.13. The van der Waals surface area contributed by atoms with E-state index in [1.54, 1.807) is 54.6 Å². The molecule has 3 rings (SSSR count). The summed E-state index contributed by atoms with van der Waals surface area (Å²) in [6.07, 6.45) is 1.43. The van der Waals surface area contributed by atoms with E-state index in [1.165, 1.54) is 12.3 Å². The average Bonchev–Trinajstić information content (AvgIpc) is 2.83. The minimum absolute atomic E-state index is 0.0273. The highest BCUT2D eigenvalue weighted by Gasteiger charge is 2.10. The number of aromatic hydroxyl groups is 1. The second kappa shape index (κ2) is 11.7. The van der Waals surface area contributed by atoms with E-state index in [2.05, 4.69) is 15.8 Å². The molecular formula is C25H24ClN3O5. The molecule has 0 fully saturated rings. The van der Waals surface area contributed by atoms with Crippen molar-refractivity contribution in [2.45, 2.75) is 13.8 Å². The number of phenols is 1. The van der Waals surface area contributed by atoms with Crippen LogP contribution in [0.4, 0.5) is 5.69 Å². The predicted molar refractivity (Wildman–Crippen MR) is 131 cm³/mol. The summed E-state index contributed by atoms with van der Waals surface area (Å²) in [6, 6.07) is 16.4. The SMILES string of the molecule is CCOc1cc(/C=N\NC(=O)COc2ccc(C(=O)Nc3cccc(Cl)c3C)cc2)ccc1O. The number of hydrogen-bond donors (Lipinski definition) is 3. The van der Waals surface area contributed by atoms with Crippen molar-refractivity contribution >= 4 is 35.3 Å². The molecule has 3 aromatic carbocycles. The average molecular weight is 482 g/mol. The van der Waals surface area contributed by atoms with Gasteiger partial charge in [-0.05, 0) is 79.6 Å². The molecule has 0 saturated carbocycles. The summed E-state index contributed by atoms with van der Waals surface area (Å²) in [4.78, 5) is 24.4. The molecule has 3 N–H and O–H groups in total. The number of nitrogens with one attached hydrogen (secondary N) is 2. The van der Waals surface area contributed by atoms with Gasteiger partial charge in [0, 0.05) is 16.3 Å². The molecule has 0 aromatic heterocycles. The summed E-state index contributed by atoms with van der Waals surface area (Å²) in [5.74, 6) is 0.0407. The van der Waals surface area contributed by atoms with Gasteiger partial charge < -0.3 is 19.9 Å². The lowest BCUT2D eigenvalue weighted by molar-refractivity contribution is -0.123. The minimum Gasteiger partial charge on any atom is -0.504 e. The highest BCUT2D eigenvalue weighted by molar-refractivity contribution is 6.31. The van der Waals surface area contributed by atoms with E-state index >= 15 is 0 Å². The van der Waals surface area contributed by atoms with E-state index < -0.39 is 5.91 Å². The third-order valence-corrected chi connectivity index (χ3v) is 5.10. The number of hydrazone groups is 1. The molecule has 0 radical (unpaired) electrons. The number of carbonyl (C=O) groups excluding carboxylic acids is 2. The smallest absolute Gasteiger partial charge is 0.277 e. The van der Waals surface area contributed by atoms with Gasteiger partial charge in [-0.2, -0.15) is 5.10 Å². The minimum atomic E-state index is -0.460. The van der Waals surface area contributed by atoms with Gasteiger partial charge >= 0.3 is 0 Å². The fraction of sp³-hybridized carbons (Fsp3) is 0.160. The van der Waals surface area contributed by atoms with Crippen molar-refractivity contribution in [3.8, 4) is 17.2 Å². The summed E-state index contributed by atoms with van der Waals surface area (Å²) in [6.45, 7) is 3.79. The maximum absolute atomic E-state index is 12.5. The van der Waals surface area contributed by atoms with Crippen molar-refractivity contribution in [1.82, 2.24) is 5.43 Å². The van der Waals surface area contributed by atoms with Crippen molar-refractivity contribution in [1.29, 1.82) is 0 Å². The summed E-state index contributed by atoms with van der Waals surface area (Å²) in [5, 5.41) is 17.0. The Kier molecular flexibility index (Phi) is 8.48. The Hall–Kier alpha value is -4.04. The molecule has 8 nitrogen and oxygen atoms in total. The van der Waals surface area contributed by atoms with Crippen LogP contribution in [0.2, 0.25) is 5.02 Å². The standard InChI is InChI=1S/C25H24ClN3O5/c1-3-33-23-13-17(7-12-22(23)30)14-27-29-24(31)15-34-19-10-8-18(9-11-19)25(32)28-21-6-4-5-20(26)16(21)2/h4-14,30H,3,15H2,1-2H3,(H,28,32)(H,29,31)/b27-14-. The van der Waals surface area contributed by atoms with Crippen LogP contribution in [0.3, 0.4) is 0 Å². The van der Waals surface area contributed by atoms with Crippen molar-refractivity contribution in [3.05, 3.63) is 82.4 Å². The first-order chi connectivity index (χ1) is 16.4. The van der Waals surface area contributed by atoms with Gasteiger partial charge in [0.15, 0.2) is 18.1 Å². The number of anilines is 1. The van der Waals surface area contributed by atoms with Crippen molar-refractivity contribution in [3.63, 3.8) is 0 Å². The molecule has 0 aliphatic rings. The van der Waals surface area contributed by atoms with Gasteiger partial charge in [-0.25, -0.2) is 5.43 Å². The van der Waals surface area contributed by atoms with E-state index in [9.17, 15) is 14.7 Å². The van der Waals surface area contributed by atoms with Gasteiger partial charge in [0.25, 0.3) is 11.8 Å². The molecule has 34 heavy (non-hydrogen) atoms. The Morgan fingerprint density at radius 1 is 1.09 bits per heavy atom. The molecule has 3 aromatic rings. The summed E-state index contributed by atoms with van der Waals surface area (Å²) < 4.78 is 10.7. The lowest BCUT2D eigenvalue weighted by atomic mass is 10.1. The van der Waals surface area contributed by atoms with Crippen LogP contribution < -0.4 is 20.2 Å². The maximum atomic E-state index is 12.5. The van der Waals surface area contributed by atoms with Gasteiger partial charge in [0.05, 0.1) is 12.8 Å². The van der Waals surface area contributed by atoms with Crippen LogP contribution in [-0.4, -0.2) is 36.3 Å². The van der Waals surface area contributed by atoms with E-state index in [1.807, 2.05) is 13.8 Å². The molecule has 0 aliphatic heterocycles. The monoisotopic (exact) mass is 481 g/mol. The third-order valence-electron chi connectivity index (χ3n) is 4.69. The van der Waals surface area contributed by atoms with E-state index in [4.69, 9.17) is 21.1 Å².